The zero-order chi connectivity index (χ0) is 18.7. The van der Waals surface area contributed by atoms with Crippen molar-refractivity contribution in [3.8, 4) is 0 Å². The lowest BCUT2D eigenvalue weighted by molar-refractivity contribution is -0.114. The van der Waals surface area contributed by atoms with E-state index in [4.69, 9.17) is 23.8 Å². The molecule has 0 saturated carbocycles. The van der Waals surface area contributed by atoms with Crippen LogP contribution in [0.5, 0.6) is 0 Å². The molecule has 3 rings (SSSR count). The summed E-state index contributed by atoms with van der Waals surface area (Å²) in [5, 5.41) is 9.45. The first-order valence-electron chi connectivity index (χ1n) is 7.47. The summed E-state index contributed by atoms with van der Waals surface area (Å²) >= 11 is 12.3. The molecule has 2 aromatic carbocycles. The summed E-state index contributed by atoms with van der Waals surface area (Å²) in [6, 6.07) is 11.9. The van der Waals surface area contributed by atoms with E-state index in [-0.39, 0.29) is 16.9 Å². The number of carbonyl (C=O) groups is 2. The molecule has 0 unspecified atom stereocenters. The molecule has 1 aromatic heterocycles. The number of halogens is 1. The zero-order valence-electron chi connectivity index (χ0n) is 13.5. The lowest BCUT2D eigenvalue weighted by Crippen LogP contribution is -2.34. The number of fused-ring (bicyclic) bond motifs is 1. The molecular weight excluding hydrogens is 392 g/mol. The van der Waals surface area contributed by atoms with E-state index >= 15 is 0 Å². The topological polar surface area (TPSA) is 83.1 Å². The van der Waals surface area contributed by atoms with Crippen molar-refractivity contribution in [1.29, 1.82) is 0 Å². The number of rotatable bonds is 3. The van der Waals surface area contributed by atoms with Gasteiger partial charge < -0.3 is 10.6 Å². The van der Waals surface area contributed by atoms with Crippen LogP contribution >= 0.6 is 35.2 Å². The molecule has 0 aliphatic heterocycles. The molecule has 3 N–H and O–H groups in total. The normalized spacial score (nSPS) is 10.4. The van der Waals surface area contributed by atoms with Crippen molar-refractivity contribution in [2.45, 2.75) is 6.92 Å². The fourth-order valence-corrected chi connectivity index (χ4v) is 3.45. The Balaban J connectivity index is 1.67. The Labute approximate surface area is 163 Å². The largest absolute Gasteiger partial charge is 0.326 e. The average molecular weight is 405 g/mol. The monoisotopic (exact) mass is 404 g/mol. The molecule has 0 aliphatic rings. The molecule has 6 nitrogen and oxygen atoms in total. The quantitative estimate of drug-likeness (QED) is 0.574. The molecule has 0 spiro atoms. The Morgan fingerprint density at radius 2 is 1.85 bits per heavy atom. The van der Waals surface area contributed by atoms with Crippen LogP contribution in [0.3, 0.4) is 0 Å². The molecular formula is C17H13ClN4O2S2. The first-order chi connectivity index (χ1) is 12.4. The van der Waals surface area contributed by atoms with E-state index in [1.807, 2.05) is 6.07 Å². The van der Waals surface area contributed by atoms with E-state index in [0.717, 1.165) is 10.2 Å². The third-order valence-electron chi connectivity index (χ3n) is 3.26. The smallest absolute Gasteiger partial charge is 0.257 e. The van der Waals surface area contributed by atoms with Gasteiger partial charge in [-0.2, -0.15) is 0 Å². The van der Waals surface area contributed by atoms with Crippen molar-refractivity contribution < 1.29 is 9.59 Å². The summed E-state index contributed by atoms with van der Waals surface area (Å²) in [5.41, 5.74) is 1.90. The number of carbonyl (C=O) groups excluding carboxylic acids is 2. The first kappa shape index (κ1) is 18.2. The number of nitrogens with one attached hydrogen (secondary N) is 3. The van der Waals surface area contributed by atoms with Gasteiger partial charge in [0, 0.05) is 23.2 Å². The van der Waals surface area contributed by atoms with Gasteiger partial charge in [-0.15, -0.1) is 0 Å². The zero-order valence-corrected chi connectivity index (χ0v) is 15.9. The fourth-order valence-electron chi connectivity index (χ4n) is 2.16. The summed E-state index contributed by atoms with van der Waals surface area (Å²) in [4.78, 5) is 27.7. The van der Waals surface area contributed by atoms with Gasteiger partial charge in [0.05, 0.1) is 10.2 Å². The molecule has 0 bridgehead atoms. The van der Waals surface area contributed by atoms with Crippen molar-refractivity contribution in [3.05, 3.63) is 53.1 Å². The predicted molar refractivity (Wildman–Crippen MR) is 109 cm³/mol. The molecule has 0 atom stereocenters. The molecule has 2 amide bonds. The molecule has 1 heterocycles. The van der Waals surface area contributed by atoms with Crippen molar-refractivity contribution in [2.24, 2.45) is 0 Å². The maximum absolute atomic E-state index is 12.1. The van der Waals surface area contributed by atoms with E-state index in [2.05, 4.69) is 20.9 Å². The van der Waals surface area contributed by atoms with Crippen LogP contribution in [0.2, 0.25) is 5.02 Å². The minimum atomic E-state index is -0.340. The number of thiocarbonyl (C=S) groups is 1. The molecule has 0 fully saturated rings. The number of nitrogens with zero attached hydrogens (tertiary/aromatic N) is 1. The number of amides is 2. The second-order valence-electron chi connectivity index (χ2n) is 5.30. The van der Waals surface area contributed by atoms with Gasteiger partial charge in [-0.3, -0.25) is 14.9 Å². The summed E-state index contributed by atoms with van der Waals surface area (Å²) in [7, 11) is 0. The Kier molecular flexibility index (Phi) is 5.46. The van der Waals surface area contributed by atoms with Crippen LogP contribution in [0.15, 0.2) is 42.5 Å². The van der Waals surface area contributed by atoms with E-state index in [1.54, 1.807) is 36.4 Å². The lowest BCUT2D eigenvalue weighted by Gasteiger charge is -2.07. The second-order valence-corrected chi connectivity index (χ2v) is 7.17. The molecule has 26 heavy (non-hydrogen) atoms. The van der Waals surface area contributed by atoms with Crippen LogP contribution in [0.1, 0.15) is 17.3 Å². The van der Waals surface area contributed by atoms with Crippen LogP contribution in [0.4, 0.5) is 10.8 Å². The molecule has 3 aromatic rings. The minimum Gasteiger partial charge on any atom is -0.326 e. The Hall–Kier alpha value is -2.55. The van der Waals surface area contributed by atoms with Crippen molar-refractivity contribution in [1.82, 2.24) is 10.3 Å². The van der Waals surface area contributed by atoms with Gasteiger partial charge in [0.2, 0.25) is 5.91 Å². The Morgan fingerprint density at radius 1 is 1.12 bits per heavy atom. The van der Waals surface area contributed by atoms with E-state index in [9.17, 15) is 9.59 Å². The van der Waals surface area contributed by atoms with Gasteiger partial charge in [0.15, 0.2) is 10.2 Å². The molecule has 0 aliphatic carbocycles. The van der Waals surface area contributed by atoms with Gasteiger partial charge >= 0.3 is 0 Å². The number of hydrogen-bond acceptors (Lipinski definition) is 5. The molecule has 132 valence electrons. The van der Waals surface area contributed by atoms with E-state index < -0.39 is 0 Å². The Bertz CT molecular complexity index is 1000. The molecule has 0 radical (unpaired) electrons. The fraction of sp³-hybridized carbons (Fsp3) is 0.0588. The lowest BCUT2D eigenvalue weighted by atomic mass is 10.2. The van der Waals surface area contributed by atoms with Crippen LogP contribution in [-0.2, 0) is 4.79 Å². The van der Waals surface area contributed by atoms with Crippen LogP contribution in [-0.4, -0.2) is 21.9 Å². The first-order valence-corrected chi connectivity index (χ1v) is 9.07. The van der Waals surface area contributed by atoms with Gasteiger partial charge in [-0.25, -0.2) is 4.98 Å². The maximum atomic E-state index is 12.1. The highest BCUT2D eigenvalue weighted by atomic mass is 35.5. The number of hydrogen-bond donors (Lipinski definition) is 3. The SMILES string of the molecule is CC(=O)Nc1ccc2nc(NC(=S)NC(=O)c3ccc(Cl)cc3)sc2c1. The number of aromatic nitrogens is 1. The van der Waals surface area contributed by atoms with Crippen molar-refractivity contribution in [2.75, 3.05) is 10.6 Å². The highest BCUT2D eigenvalue weighted by molar-refractivity contribution is 7.80. The van der Waals surface area contributed by atoms with Crippen molar-refractivity contribution in [3.63, 3.8) is 0 Å². The van der Waals surface area contributed by atoms with Gasteiger partial charge in [0.1, 0.15) is 0 Å². The van der Waals surface area contributed by atoms with Crippen LogP contribution in [0, 0.1) is 0 Å². The highest BCUT2D eigenvalue weighted by Gasteiger charge is 2.10. The summed E-state index contributed by atoms with van der Waals surface area (Å²) in [6.07, 6.45) is 0. The summed E-state index contributed by atoms with van der Waals surface area (Å²) in [5.74, 6) is -0.480. The van der Waals surface area contributed by atoms with Gasteiger partial charge in [0.25, 0.3) is 5.91 Å². The van der Waals surface area contributed by atoms with Gasteiger partial charge in [-0.05, 0) is 54.7 Å². The highest BCUT2D eigenvalue weighted by Crippen LogP contribution is 2.28. The standard InChI is InChI=1S/C17H13ClN4O2S2/c1-9(23)19-12-6-7-13-14(8-12)26-17(20-13)22-16(25)21-15(24)10-2-4-11(18)5-3-10/h2-8H,1H3,(H,19,23)(H2,20,21,22,24,25). The predicted octanol–water partition coefficient (Wildman–Crippen LogP) is 4.03. The van der Waals surface area contributed by atoms with Gasteiger partial charge in [-0.1, -0.05) is 22.9 Å². The average Bonchev–Trinajstić information content (AvgIpc) is 2.96. The molecule has 0 saturated heterocycles. The van der Waals surface area contributed by atoms with Crippen LogP contribution < -0.4 is 16.0 Å². The minimum absolute atomic E-state index is 0.140. The second kappa shape index (κ2) is 7.77. The van der Waals surface area contributed by atoms with Crippen molar-refractivity contribution >= 4 is 73.1 Å². The third kappa shape index (κ3) is 4.54. The summed E-state index contributed by atoms with van der Waals surface area (Å²) < 4.78 is 0.880. The molecule has 9 heteroatoms. The number of benzene rings is 2. The number of thiazole rings is 1. The van der Waals surface area contributed by atoms with Crippen LogP contribution in [0.25, 0.3) is 10.2 Å². The summed E-state index contributed by atoms with van der Waals surface area (Å²) in [6.45, 7) is 1.45. The number of anilines is 2. The third-order valence-corrected chi connectivity index (χ3v) is 4.65. The Morgan fingerprint density at radius 3 is 2.54 bits per heavy atom. The van der Waals surface area contributed by atoms with E-state index in [0.29, 0.717) is 21.4 Å². The van der Waals surface area contributed by atoms with E-state index in [1.165, 1.54) is 18.3 Å². The maximum Gasteiger partial charge on any atom is 0.257 e.